The third kappa shape index (κ3) is 5.01. The average Bonchev–Trinajstić information content (AvgIpc) is 2.14. The van der Waals surface area contributed by atoms with E-state index in [0.717, 1.165) is 39.1 Å². The molecule has 0 N–H and O–H groups in total. The first kappa shape index (κ1) is 10.7. The smallest absolute Gasteiger partial charge is 0.129 e. The highest BCUT2D eigenvalue weighted by Crippen LogP contribution is 2.10. The van der Waals surface area contributed by atoms with Gasteiger partial charge in [0.25, 0.3) is 0 Å². The average molecular weight is 186 g/mol. The van der Waals surface area contributed by atoms with Gasteiger partial charge >= 0.3 is 0 Å². The van der Waals surface area contributed by atoms with Crippen LogP contribution in [0.2, 0.25) is 0 Å². The molecule has 0 amide bonds. The van der Waals surface area contributed by atoms with Gasteiger partial charge in [-0.2, -0.15) is 0 Å². The fourth-order valence-electron chi connectivity index (χ4n) is 1.45. The Hall–Kier alpha value is -0.410. The molecule has 1 unspecified atom stereocenters. The van der Waals surface area contributed by atoms with Crippen LogP contribution >= 0.6 is 0 Å². The van der Waals surface area contributed by atoms with Gasteiger partial charge in [0, 0.05) is 6.42 Å². The first-order valence-corrected chi connectivity index (χ1v) is 4.98. The molecule has 0 aromatic carbocycles. The first-order chi connectivity index (χ1) is 6.29. The van der Waals surface area contributed by atoms with Crippen molar-refractivity contribution < 1.29 is 14.3 Å². The van der Waals surface area contributed by atoms with Crippen LogP contribution in [0.25, 0.3) is 0 Å². The Morgan fingerprint density at radius 3 is 2.85 bits per heavy atom. The molecule has 0 spiro atoms. The van der Waals surface area contributed by atoms with Gasteiger partial charge in [0.05, 0.1) is 25.9 Å². The van der Waals surface area contributed by atoms with Crippen molar-refractivity contribution in [2.75, 3.05) is 19.8 Å². The van der Waals surface area contributed by atoms with Gasteiger partial charge in [-0.05, 0) is 19.8 Å². The second-order valence-corrected chi connectivity index (χ2v) is 3.52. The number of hydrogen-bond acceptors (Lipinski definition) is 3. The number of hydrogen-bond donors (Lipinski definition) is 0. The van der Waals surface area contributed by atoms with Crippen molar-refractivity contribution in [3.63, 3.8) is 0 Å². The Balaban J connectivity index is 1.95. The lowest BCUT2D eigenvalue weighted by Gasteiger charge is -2.22. The van der Waals surface area contributed by atoms with Gasteiger partial charge in [0.1, 0.15) is 5.78 Å². The van der Waals surface area contributed by atoms with E-state index in [9.17, 15) is 4.79 Å². The summed E-state index contributed by atoms with van der Waals surface area (Å²) in [4.78, 5) is 10.6. The van der Waals surface area contributed by atoms with Crippen LogP contribution in [-0.2, 0) is 14.3 Å². The maximum Gasteiger partial charge on any atom is 0.129 e. The summed E-state index contributed by atoms with van der Waals surface area (Å²) in [5.41, 5.74) is 0. The van der Waals surface area contributed by atoms with Crippen LogP contribution < -0.4 is 0 Å². The van der Waals surface area contributed by atoms with Gasteiger partial charge in [0.2, 0.25) is 0 Å². The summed E-state index contributed by atoms with van der Waals surface area (Å²) in [6.07, 6.45) is 4.03. The Morgan fingerprint density at radius 2 is 2.23 bits per heavy atom. The van der Waals surface area contributed by atoms with Gasteiger partial charge < -0.3 is 14.3 Å². The number of rotatable bonds is 5. The van der Waals surface area contributed by atoms with Crippen molar-refractivity contribution in [3.8, 4) is 0 Å². The van der Waals surface area contributed by atoms with Crippen LogP contribution in [0, 0.1) is 0 Å². The predicted molar refractivity (Wildman–Crippen MR) is 49.7 cm³/mol. The largest absolute Gasteiger partial charge is 0.376 e. The van der Waals surface area contributed by atoms with E-state index in [4.69, 9.17) is 9.47 Å². The molecule has 0 bridgehead atoms. The van der Waals surface area contributed by atoms with E-state index in [0.29, 0.717) is 6.42 Å². The van der Waals surface area contributed by atoms with E-state index in [1.54, 1.807) is 6.92 Å². The number of carbonyl (C=O) groups excluding carboxylic acids is 1. The normalized spacial score (nSPS) is 23.0. The van der Waals surface area contributed by atoms with Crippen LogP contribution in [0.4, 0.5) is 0 Å². The minimum Gasteiger partial charge on any atom is -0.376 e. The van der Waals surface area contributed by atoms with E-state index in [1.807, 2.05) is 0 Å². The summed E-state index contributed by atoms with van der Waals surface area (Å²) in [5, 5.41) is 0. The zero-order valence-corrected chi connectivity index (χ0v) is 8.25. The second-order valence-electron chi connectivity index (χ2n) is 3.52. The van der Waals surface area contributed by atoms with Crippen molar-refractivity contribution in [1.82, 2.24) is 0 Å². The van der Waals surface area contributed by atoms with Crippen LogP contribution in [0.5, 0.6) is 0 Å². The molecule has 1 rings (SSSR count). The lowest BCUT2D eigenvalue weighted by molar-refractivity contribution is -0.117. The summed E-state index contributed by atoms with van der Waals surface area (Å²) >= 11 is 0. The van der Waals surface area contributed by atoms with Crippen LogP contribution in [0.3, 0.4) is 0 Å². The van der Waals surface area contributed by atoms with Gasteiger partial charge in [-0.1, -0.05) is 6.42 Å². The minimum absolute atomic E-state index is 0.265. The molecule has 1 atom stereocenters. The molecule has 0 saturated carbocycles. The first-order valence-electron chi connectivity index (χ1n) is 4.98. The van der Waals surface area contributed by atoms with E-state index in [-0.39, 0.29) is 11.9 Å². The molecule has 3 nitrogen and oxygen atoms in total. The fraction of sp³-hybridized carbons (Fsp3) is 0.900. The van der Waals surface area contributed by atoms with E-state index in [2.05, 4.69) is 0 Å². The van der Waals surface area contributed by atoms with E-state index in [1.165, 1.54) is 0 Å². The molecule has 1 heterocycles. The fourth-order valence-corrected chi connectivity index (χ4v) is 1.45. The molecule has 13 heavy (non-hydrogen) atoms. The Morgan fingerprint density at radius 1 is 1.38 bits per heavy atom. The topological polar surface area (TPSA) is 35.5 Å². The van der Waals surface area contributed by atoms with Gasteiger partial charge in [-0.15, -0.1) is 0 Å². The Bertz CT molecular complexity index is 150. The molecule has 1 aliphatic rings. The maximum atomic E-state index is 10.6. The van der Waals surface area contributed by atoms with Crippen molar-refractivity contribution in [2.24, 2.45) is 0 Å². The highest BCUT2D eigenvalue weighted by molar-refractivity contribution is 5.75. The summed E-state index contributed by atoms with van der Waals surface area (Å²) in [5.74, 6) is 0.279. The minimum atomic E-state index is 0.265. The molecule has 1 saturated heterocycles. The summed E-state index contributed by atoms with van der Waals surface area (Å²) in [6, 6.07) is 0. The van der Waals surface area contributed by atoms with Crippen LogP contribution in [0.1, 0.15) is 32.6 Å². The highest BCUT2D eigenvalue weighted by atomic mass is 16.6. The molecule has 3 heteroatoms. The predicted octanol–water partition coefficient (Wildman–Crippen LogP) is 1.55. The Labute approximate surface area is 79.4 Å². The summed E-state index contributed by atoms with van der Waals surface area (Å²) < 4.78 is 10.7. The van der Waals surface area contributed by atoms with Crippen LogP contribution in [0.15, 0.2) is 0 Å². The lowest BCUT2D eigenvalue weighted by Crippen LogP contribution is -2.28. The quantitative estimate of drug-likeness (QED) is 0.611. The SMILES string of the molecule is CC(=O)CCCCC1COCCO1. The monoisotopic (exact) mass is 186 g/mol. The summed E-state index contributed by atoms with van der Waals surface area (Å²) in [6.45, 7) is 3.81. The van der Waals surface area contributed by atoms with Gasteiger partial charge in [0.15, 0.2) is 0 Å². The second kappa shape index (κ2) is 6.11. The molecule has 0 radical (unpaired) electrons. The molecule has 0 aromatic rings. The van der Waals surface area contributed by atoms with E-state index < -0.39 is 0 Å². The molecule has 0 aromatic heterocycles. The molecular weight excluding hydrogens is 168 g/mol. The standard InChI is InChI=1S/C10H18O3/c1-9(11)4-2-3-5-10-8-12-6-7-13-10/h10H,2-8H2,1H3. The third-order valence-electron chi connectivity index (χ3n) is 2.19. The number of Topliss-reactive ketones (excluding diaryl/α,β-unsaturated/α-hetero) is 1. The zero-order chi connectivity index (χ0) is 9.52. The number of carbonyl (C=O) groups is 1. The highest BCUT2D eigenvalue weighted by Gasteiger charge is 2.13. The Kier molecular flexibility index (Phi) is 5.01. The van der Waals surface area contributed by atoms with Crippen LogP contribution in [-0.4, -0.2) is 31.7 Å². The number of ether oxygens (including phenoxy) is 2. The lowest BCUT2D eigenvalue weighted by atomic mass is 10.1. The van der Waals surface area contributed by atoms with Crippen molar-refractivity contribution in [1.29, 1.82) is 0 Å². The zero-order valence-electron chi connectivity index (χ0n) is 8.25. The molecule has 76 valence electrons. The molecular formula is C10H18O3. The van der Waals surface area contributed by atoms with Crippen molar-refractivity contribution >= 4 is 5.78 Å². The van der Waals surface area contributed by atoms with Crippen molar-refractivity contribution in [3.05, 3.63) is 0 Å². The third-order valence-corrected chi connectivity index (χ3v) is 2.19. The molecule has 1 aliphatic heterocycles. The molecule has 0 aliphatic carbocycles. The molecule has 1 fully saturated rings. The summed E-state index contributed by atoms with van der Waals surface area (Å²) in [7, 11) is 0. The number of ketones is 1. The maximum absolute atomic E-state index is 10.6. The van der Waals surface area contributed by atoms with Gasteiger partial charge in [-0.3, -0.25) is 0 Å². The van der Waals surface area contributed by atoms with E-state index >= 15 is 0 Å². The number of unbranched alkanes of at least 4 members (excludes halogenated alkanes) is 1. The van der Waals surface area contributed by atoms with Gasteiger partial charge in [-0.25, -0.2) is 0 Å². The van der Waals surface area contributed by atoms with Crippen molar-refractivity contribution in [2.45, 2.75) is 38.7 Å².